The lowest BCUT2D eigenvalue weighted by Crippen LogP contribution is -1.92. The molecule has 1 aromatic heterocycles. The van der Waals surface area contributed by atoms with E-state index in [1.54, 1.807) is 18.2 Å². The third-order valence-electron chi connectivity index (χ3n) is 2.04. The number of aromatic nitrogens is 1. The van der Waals surface area contributed by atoms with Crippen LogP contribution in [0.3, 0.4) is 0 Å². The molecule has 76 valence electrons. The molecule has 0 aliphatic carbocycles. The molecule has 0 spiro atoms. The summed E-state index contributed by atoms with van der Waals surface area (Å²) >= 11 is 6.06. The number of nitrogens with zero attached hydrogens (tertiary/aromatic N) is 1. The third kappa shape index (κ3) is 2.02. The van der Waals surface area contributed by atoms with Gasteiger partial charge in [0.15, 0.2) is 0 Å². The highest BCUT2D eigenvalue weighted by Crippen LogP contribution is 2.28. The number of nitrogens with two attached hydrogens (primary N) is 2. The summed E-state index contributed by atoms with van der Waals surface area (Å²) in [6.07, 6.45) is 0. The first-order valence-corrected chi connectivity index (χ1v) is 4.82. The maximum Gasteiger partial charge on any atom is 0.124 e. The zero-order valence-electron chi connectivity index (χ0n) is 7.94. The van der Waals surface area contributed by atoms with Crippen molar-refractivity contribution in [2.24, 2.45) is 0 Å². The summed E-state index contributed by atoms with van der Waals surface area (Å²) < 4.78 is 0. The average Bonchev–Trinajstić information content (AvgIpc) is 2.17. The van der Waals surface area contributed by atoms with Crippen molar-refractivity contribution in [1.29, 1.82) is 0 Å². The van der Waals surface area contributed by atoms with E-state index >= 15 is 0 Å². The monoisotopic (exact) mass is 219 g/mol. The molecule has 0 amide bonds. The molecular formula is C11H10ClN3. The molecule has 0 saturated heterocycles. The van der Waals surface area contributed by atoms with Gasteiger partial charge in [-0.05, 0) is 30.3 Å². The van der Waals surface area contributed by atoms with Crippen LogP contribution >= 0.6 is 11.6 Å². The van der Waals surface area contributed by atoms with E-state index in [0.29, 0.717) is 16.5 Å². The Labute approximate surface area is 92.7 Å². The van der Waals surface area contributed by atoms with Gasteiger partial charge in [0, 0.05) is 11.3 Å². The summed E-state index contributed by atoms with van der Waals surface area (Å²) in [6.45, 7) is 0. The van der Waals surface area contributed by atoms with Crippen LogP contribution in [0.2, 0.25) is 5.02 Å². The van der Waals surface area contributed by atoms with Crippen molar-refractivity contribution in [3.63, 3.8) is 0 Å². The minimum Gasteiger partial charge on any atom is -0.399 e. The van der Waals surface area contributed by atoms with Gasteiger partial charge in [0.05, 0.1) is 10.7 Å². The first kappa shape index (κ1) is 9.80. The standard InChI is InChI=1S/C11H10ClN3/c12-9-6-7(13)4-5-8(9)10-2-1-3-11(14)15-10/h1-6H,13H2,(H2,14,15). The van der Waals surface area contributed by atoms with E-state index < -0.39 is 0 Å². The maximum atomic E-state index is 6.06. The Morgan fingerprint density at radius 3 is 2.53 bits per heavy atom. The van der Waals surface area contributed by atoms with E-state index in [-0.39, 0.29) is 0 Å². The summed E-state index contributed by atoms with van der Waals surface area (Å²) in [5.41, 5.74) is 13.4. The molecule has 2 rings (SSSR count). The molecule has 3 nitrogen and oxygen atoms in total. The summed E-state index contributed by atoms with van der Waals surface area (Å²) in [7, 11) is 0. The Hall–Kier alpha value is -1.74. The smallest absolute Gasteiger partial charge is 0.124 e. The van der Waals surface area contributed by atoms with Gasteiger partial charge in [0.1, 0.15) is 5.82 Å². The van der Waals surface area contributed by atoms with Crippen LogP contribution in [0.15, 0.2) is 36.4 Å². The van der Waals surface area contributed by atoms with Gasteiger partial charge in [-0.3, -0.25) is 0 Å². The molecule has 0 radical (unpaired) electrons. The van der Waals surface area contributed by atoms with Crippen molar-refractivity contribution in [2.75, 3.05) is 11.5 Å². The van der Waals surface area contributed by atoms with Crippen molar-refractivity contribution >= 4 is 23.1 Å². The van der Waals surface area contributed by atoms with Crippen LogP contribution in [0, 0.1) is 0 Å². The number of hydrogen-bond donors (Lipinski definition) is 2. The van der Waals surface area contributed by atoms with E-state index in [9.17, 15) is 0 Å². The van der Waals surface area contributed by atoms with E-state index in [0.717, 1.165) is 11.3 Å². The molecule has 0 aliphatic rings. The topological polar surface area (TPSA) is 64.9 Å². The van der Waals surface area contributed by atoms with Crippen molar-refractivity contribution in [3.05, 3.63) is 41.4 Å². The summed E-state index contributed by atoms with van der Waals surface area (Å²) in [4.78, 5) is 4.19. The number of nitrogen functional groups attached to an aromatic ring is 2. The van der Waals surface area contributed by atoms with Crippen LogP contribution in [-0.2, 0) is 0 Å². The molecule has 0 saturated carbocycles. The molecule has 2 aromatic rings. The normalized spacial score (nSPS) is 10.2. The van der Waals surface area contributed by atoms with Crippen LogP contribution in [0.1, 0.15) is 0 Å². The highest BCUT2D eigenvalue weighted by Gasteiger charge is 2.04. The van der Waals surface area contributed by atoms with Crippen molar-refractivity contribution in [1.82, 2.24) is 4.98 Å². The number of benzene rings is 1. The number of rotatable bonds is 1. The summed E-state index contributed by atoms with van der Waals surface area (Å²) in [5, 5.41) is 0.577. The second-order valence-electron chi connectivity index (χ2n) is 3.19. The third-order valence-corrected chi connectivity index (χ3v) is 2.35. The minimum absolute atomic E-state index is 0.473. The van der Waals surface area contributed by atoms with Gasteiger partial charge in [-0.1, -0.05) is 17.7 Å². The number of hydrogen-bond acceptors (Lipinski definition) is 3. The van der Waals surface area contributed by atoms with Gasteiger partial charge in [0.2, 0.25) is 0 Å². The van der Waals surface area contributed by atoms with E-state index in [2.05, 4.69) is 4.98 Å². The minimum atomic E-state index is 0.473. The van der Waals surface area contributed by atoms with Crippen LogP contribution in [-0.4, -0.2) is 4.98 Å². The van der Waals surface area contributed by atoms with Gasteiger partial charge in [-0.15, -0.1) is 0 Å². The zero-order chi connectivity index (χ0) is 10.8. The summed E-state index contributed by atoms with van der Waals surface area (Å²) in [6, 6.07) is 10.7. The fourth-order valence-electron chi connectivity index (χ4n) is 1.34. The highest BCUT2D eigenvalue weighted by molar-refractivity contribution is 6.33. The quantitative estimate of drug-likeness (QED) is 0.725. The van der Waals surface area contributed by atoms with Crippen LogP contribution in [0.25, 0.3) is 11.3 Å². The van der Waals surface area contributed by atoms with E-state index in [1.807, 2.05) is 18.2 Å². The zero-order valence-corrected chi connectivity index (χ0v) is 8.70. The fraction of sp³-hybridized carbons (Fsp3) is 0. The Morgan fingerprint density at radius 1 is 1.07 bits per heavy atom. The van der Waals surface area contributed by atoms with Gasteiger partial charge in [-0.2, -0.15) is 0 Å². The number of anilines is 2. The van der Waals surface area contributed by atoms with Crippen LogP contribution < -0.4 is 11.5 Å². The second-order valence-corrected chi connectivity index (χ2v) is 3.59. The van der Waals surface area contributed by atoms with Gasteiger partial charge in [-0.25, -0.2) is 4.98 Å². The Bertz CT molecular complexity index is 497. The van der Waals surface area contributed by atoms with Crippen molar-refractivity contribution in [2.45, 2.75) is 0 Å². The van der Waals surface area contributed by atoms with Gasteiger partial charge < -0.3 is 11.5 Å². The highest BCUT2D eigenvalue weighted by atomic mass is 35.5. The Morgan fingerprint density at radius 2 is 1.87 bits per heavy atom. The SMILES string of the molecule is Nc1ccc(-c2cccc(N)n2)c(Cl)c1. The first-order valence-electron chi connectivity index (χ1n) is 4.45. The predicted molar refractivity (Wildman–Crippen MR) is 63.5 cm³/mol. The lowest BCUT2D eigenvalue weighted by molar-refractivity contribution is 1.33. The second kappa shape index (κ2) is 3.79. The molecule has 4 N–H and O–H groups in total. The lowest BCUT2D eigenvalue weighted by Gasteiger charge is -2.05. The molecule has 0 atom stereocenters. The van der Waals surface area contributed by atoms with Crippen LogP contribution in [0.5, 0.6) is 0 Å². The van der Waals surface area contributed by atoms with E-state index in [4.69, 9.17) is 23.1 Å². The molecule has 0 bridgehead atoms. The summed E-state index contributed by atoms with van der Waals surface area (Å²) in [5.74, 6) is 0.473. The average molecular weight is 220 g/mol. The van der Waals surface area contributed by atoms with Crippen molar-refractivity contribution < 1.29 is 0 Å². The molecular weight excluding hydrogens is 210 g/mol. The van der Waals surface area contributed by atoms with Crippen molar-refractivity contribution in [3.8, 4) is 11.3 Å². The first-order chi connectivity index (χ1) is 7.16. The maximum absolute atomic E-state index is 6.06. The predicted octanol–water partition coefficient (Wildman–Crippen LogP) is 2.57. The molecule has 0 fully saturated rings. The molecule has 0 unspecified atom stereocenters. The lowest BCUT2D eigenvalue weighted by atomic mass is 10.1. The Balaban J connectivity index is 2.54. The molecule has 1 aromatic carbocycles. The van der Waals surface area contributed by atoms with E-state index in [1.165, 1.54) is 0 Å². The fourth-order valence-corrected chi connectivity index (χ4v) is 1.63. The van der Waals surface area contributed by atoms with Gasteiger partial charge in [0.25, 0.3) is 0 Å². The number of pyridine rings is 1. The van der Waals surface area contributed by atoms with Gasteiger partial charge >= 0.3 is 0 Å². The molecule has 1 heterocycles. The number of halogens is 1. The molecule has 0 aliphatic heterocycles. The molecule has 4 heteroatoms. The Kier molecular flexibility index (Phi) is 2.47. The van der Waals surface area contributed by atoms with Crippen LogP contribution in [0.4, 0.5) is 11.5 Å². The largest absolute Gasteiger partial charge is 0.399 e. The molecule has 15 heavy (non-hydrogen) atoms.